The summed E-state index contributed by atoms with van der Waals surface area (Å²) in [5.41, 5.74) is 0.561. The Morgan fingerprint density at radius 1 is 0.683 bits per heavy atom. The smallest absolute Gasteiger partial charge is 0.187 e. The van der Waals surface area contributed by atoms with E-state index in [0.29, 0.717) is 30.1 Å². The molecule has 1 spiro atoms. The zero-order chi connectivity index (χ0) is 45.1. The molecule has 0 aromatic heterocycles. The van der Waals surface area contributed by atoms with Gasteiger partial charge in [-0.1, -0.05) is 39.3 Å². The number of rotatable bonds is 8. The molecule has 5 saturated heterocycles. The second kappa shape index (κ2) is 17.5. The number of aliphatic hydroxyl groups is 10. The Morgan fingerprint density at radius 2 is 1.35 bits per heavy atom. The van der Waals surface area contributed by atoms with Gasteiger partial charge in [0.15, 0.2) is 24.7 Å². The number of fused-ring (bicyclic) bond motifs is 7. The fraction of sp³-hybridized carbons (Fsp3) is 0.956. The van der Waals surface area contributed by atoms with Crippen LogP contribution in [0.15, 0.2) is 11.6 Å². The van der Waals surface area contributed by atoms with E-state index in [1.807, 2.05) is 0 Å². The zero-order valence-electron chi connectivity index (χ0n) is 37.0. The molecule has 5 aliphatic heterocycles. The van der Waals surface area contributed by atoms with Crippen LogP contribution in [0.3, 0.4) is 0 Å². The molecule has 360 valence electrons. The van der Waals surface area contributed by atoms with Gasteiger partial charge in [-0.15, -0.1) is 0 Å². The second-order valence-electron chi connectivity index (χ2n) is 21.2. The van der Waals surface area contributed by atoms with E-state index >= 15 is 0 Å². The summed E-state index contributed by atoms with van der Waals surface area (Å²) in [7, 11) is 0. The molecule has 0 bridgehead atoms. The summed E-state index contributed by atoms with van der Waals surface area (Å²) in [5, 5.41) is 108. The van der Waals surface area contributed by atoms with Gasteiger partial charge in [0.2, 0.25) is 0 Å². The maximum atomic E-state index is 11.6. The predicted octanol–water partition coefficient (Wildman–Crippen LogP) is -0.815. The molecule has 0 amide bonds. The topological polar surface area (TPSA) is 276 Å². The Balaban J connectivity index is 0.955. The van der Waals surface area contributed by atoms with Gasteiger partial charge >= 0.3 is 0 Å². The number of hydrogen-bond acceptors (Lipinski definition) is 18. The van der Waals surface area contributed by atoms with E-state index < -0.39 is 129 Å². The van der Waals surface area contributed by atoms with Crippen LogP contribution in [0, 0.1) is 46.3 Å². The van der Waals surface area contributed by atoms with Crippen LogP contribution in [-0.2, 0) is 37.9 Å². The lowest BCUT2D eigenvalue weighted by Crippen LogP contribution is -2.66. The molecule has 0 radical (unpaired) electrons. The van der Waals surface area contributed by atoms with Crippen molar-refractivity contribution < 1.29 is 89.0 Å². The van der Waals surface area contributed by atoms with Gasteiger partial charge in [-0.2, -0.15) is 0 Å². The van der Waals surface area contributed by atoms with Crippen LogP contribution in [0.1, 0.15) is 86.0 Å². The van der Waals surface area contributed by atoms with Crippen molar-refractivity contribution in [3.05, 3.63) is 11.6 Å². The number of allylic oxidation sites excluding steroid dienone is 1. The van der Waals surface area contributed by atoms with Crippen LogP contribution < -0.4 is 0 Å². The van der Waals surface area contributed by atoms with Crippen LogP contribution in [0.4, 0.5) is 0 Å². The number of hydrogen-bond donors (Lipinski definition) is 10. The zero-order valence-corrected chi connectivity index (χ0v) is 37.0. The predicted molar refractivity (Wildman–Crippen MR) is 216 cm³/mol. The summed E-state index contributed by atoms with van der Waals surface area (Å²) in [6, 6.07) is 0. The van der Waals surface area contributed by atoms with Gasteiger partial charge in [0.05, 0.1) is 44.2 Å². The minimum absolute atomic E-state index is 0.0450. The van der Waals surface area contributed by atoms with Gasteiger partial charge in [0.1, 0.15) is 67.1 Å². The summed E-state index contributed by atoms with van der Waals surface area (Å²) in [6.45, 7) is 10.0. The first-order valence-electron chi connectivity index (χ1n) is 23.5. The van der Waals surface area contributed by atoms with Crippen LogP contribution in [0.5, 0.6) is 0 Å². The highest BCUT2D eigenvalue weighted by Gasteiger charge is 2.70. The molecule has 4 aliphatic carbocycles. The Morgan fingerprint density at radius 3 is 2.03 bits per heavy atom. The summed E-state index contributed by atoms with van der Waals surface area (Å²) >= 11 is 0. The normalized spacial score (nSPS) is 58.1. The van der Waals surface area contributed by atoms with Crippen LogP contribution in [0.25, 0.3) is 0 Å². The third-order valence-corrected chi connectivity index (χ3v) is 17.7. The van der Waals surface area contributed by atoms with E-state index in [1.165, 1.54) is 6.92 Å². The molecule has 8 fully saturated rings. The Kier molecular flexibility index (Phi) is 13.1. The molecule has 9 aliphatic rings. The average molecular weight is 901 g/mol. The SMILES string of the molecule is C[C@@H]1CC[C@@]2(OC1)O[C@H]1C[C@H]3[C@H]4CC=C5C[C@@H](O)C[C@@H](O[C@@H]6O[C@H](CO)[C@H](O)[C@H](O)[C@H]6O[C@@H]6O[C@@H](C)[C@H](O)[C@@H](O[C@@H]7O[C@H](CO)[C@@H](O)[C@H](O)[C@H]7O)[C@H]6O)[C@]5(C)[C@@H]4CC[C@]3(C)[C@H]1[C@@H]2C. The maximum Gasteiger partial charge on any atom is 0.187 e. The molecule has 3 saturated carbocycles. The van der Waals surface area contributed by atoms with E-state index in [-0.39, 0.29) is 29.8 Å². The minimum atomic E-state index is -1.84. The lowest BCUT2D eigenvalue weighted by atomic mass is 9.46. The quantitative estimate of drug-likeness (QED) is 0.133. The van der Waals surface area contributed by atoms with E-state index in [9.17, 15) is 51.1 Å². The first kappa shape index (κ1) is 47.1. The molecular weight excluding hydrogens is 828 g/mol. The molecule has 0 aromatic carbocycles. The van der Waals surface area contributed by atoms with Crippen molar-refractivity contribution in [2.24, 2.45) is 46.3 Å². The van der Waals surface area contributed by atoms with Crippen LogP contribution in [-0.4, -0.2) is 187 Å². The van der Waals surface area contributed by atoms with E-state index in [0.717, 1.165) is 50.7 Å². The van der Waals surface area contributed by atoms with Gasteiger partial charge in [-0.05, 0) is 80.5 Å². The molecule has 63 heavy (non-hydrogen) atoms. The standard InChI is InChI=1S/C45H72O18/c1-18-8-11-45(56-17-18)19(2)30-26(63-45)14-25-23-7-6-21-12-22(48)13-29(44(21,5)24(23)9-10-43(25,30)4)60-42-39(35(53)33(51)28(16-47)59-42)62-41-37(55)38(31(49)20(3)57-41)61-40-36(54)34(52)32(50)27(15-46)58-40/h6,18-20,22-42,46-55H,7-17H2,1-5H3/t18-,19+,20+,22-,23+,24-,25+,26+,27-,28-,29-,30+,31+,32-,33+,34+,35+,36-,37-,38-,39-,40+,41+,42+,43+,44+,45-/m1/s1. The molecule has 0 aromatic rings. The van der Waals surface area contributed by atoms with Crippen molar-refractivity contribution in [2.75, 3.05) is 19.8 Å². The van der Waals surface area contributed by atoms with E-state index in [2.05, 4.69) is 33.8 Å². The third kappa shape index (κ3) is 7.62. The Bertz CT molecular complexity index is 1640. The van der Waals surface area contributed by atoms with Crippen LogP contribution >= 0.6 is 0 Å². The molecule has 18 nitrogen and oxygen atoms in total. The lowest BCUT2D eigenvalue weighted by Gasteiger charge is -2.60. The van der Waals surface area contributed by atoms with Gasteiger partial charge in [0.25, 0.3) is 0 Å². The van der Waals surface area contributed by atoms with E-state index in [4.69, 9.17) is 37.9 Å². The highest BCUT2D eigenvalue weighted by Crippen LogP contribution is 2.71. The van der Waals surface area contributed by atoms with Crippen molar-refractivity contribution >= 4 is 0 Å². The number of ether oxygens (including phenoxy) is 8. The maximum absolute atomic E-state index is 11.6. The van der Waals surface area contributed by atoms with E-state index in [1.54, 1.807) is 0 Å². The minimum Gasteiger partial charge on any atom is -0.394 e. The Labute approximate surface area is 368 Å². The second-order valence-corrected chi connectivity index (χ2v) is 21.2. The summed E-state index contributed by atoms with van der Waals surface area (Å²) in [4.78, 5) is 0. The largest absolute Gasteiger partial charge is 0.394 e. The highest BCUT2D eigenvalue weighted by molar-refractivity contribution is 5.29. The average Bonchev–Trinajstić information content (AvgIpc) is 3.70. The van der Waals surface area contributed by atoms with Crippen molar-refractivity contribution in [1.29, 1.82) is 0 Å². The molecule has 27 atom stereocenters. The molecule has 10 N–H and O–H groups in total. The summed E-state index contributed by atoms with van der Waals surface area (Å²) in [5.74, 6) is 1.49. The van der Waals surface area contributed by atoms with Gasteiger partial charge in [-0.25, -0.2) is 0 Å². The molecule has 5 heterocycles. The molecule has 9 rings (SSSR count). The Hall–Kier alpha value is -0.980. The fourth-order valence-corrected chi connectivity index (χ4v) is 14.1. The monoisotopic (exact) mass is 900 g/mol. The van der Waals surface area contributed by atoms with Crippen LogP contribution in [0.2, 0.25) is 0 Å². The van der Waals surface area contributed by atoms with Gasteiger partial charge < -0.3 is 89.0 Å². The van der Waals surface area contributed by atoms with Gasteiger partial charge in [-0.3, -0.25) is 0 Å². The van der Waals surface area contributed by atoms with Gasteiger partial charge in [0, 0.05) is 24.2 Å². The third-order valence-electron chi connectivity index (χ3n) is 17.7. The summed E-state index contributed by atoms with van der Waals surface area (Å²) in [6.07, 6.45) is -16.3. The van der Waals surface area contributed by atoms with Crippen molar-refractivity contribution in [1.82, 2.24) is 0 Å². The van der Waals surface area contributed by atoms with Crippen molar-refractivity contribution in [3.63, 3.8) is 0 Å². The number of aliphatic hydroxyl groups excluding tert-OH is 10. The molecule has 18 heteroatoms. The van der Waals surface area contributed by atoms with Crippen molar-refractivity contribution in [3.8, 4) is 0 Å². The molecule has 0 unspecified atom stereocenters. The highest BCUT2D eigenvalue weighted by atomic mass is 16.8. The first-order valence-corrected chi connectivity index (χ1v) is 23.5. The lowest BCUT2D eigenvalue weighted by molar-refractivity contribution is -0.388. The molecular formula is C45H72O18. The fourth-order valence-electron chi connectivity index (χ4n) is 14.1. The van der Waals surface area contributed by atoms with Crippen molar-refractivity contribution in [2.45, 2.75) is 202 Å². The summed E-state index contributed by atoms with van der Waals surface area (Å²) < 4.78 is 50.1. The first-order chi connectivity index (χ1) is 29.9.